The molecule has 0 aliphatic heterocycles. The van der Waals surface area contributed by atoms with Gasteiger partial charge >= 0.3 is 0 Å². The Balaban J connectivity index is 2.62. The maximum Gasteiger partial charge on any atom is 0.271 e. The molecule has 1 aromatic heterocycles. The first-order chi connectivity index (χ1) is 6.31. The molecule has 5 heteroatoms. The summed E-state index contributed by atoms with van der Waals surface area (Å²) in [4.78, 5) is 21.2. The zero-order valence-electron chi connectivity index (χ0n) is 6.63. The van der Waals surface area contributed by atoms with E-state index in [-0.39, 0.29) is 5.56 Å². The molecule has 1 aromatic carbocycles. The molecule has 5 nitrogen and oxygen atoms in total. The summed E-state index contributed by atoms with van der Waals surface area (Å²) in [6.07, 6.45) is 0.589. The molecule has 0 spiro atoms. The summed E-state index contributed by atoms with van der Waals surface area (Å²) in [5, 5.41) is 8.21. The van der Waals surface area contributed by atoms with E-state index in [0.29, 0.717) is 23.0 Å². The molecule has 0 aliphatic rings. The average molecular weight is 177 g/mol. The lowest BCUT2D eigenvalue weighted by Crippen LogP contribution is -1.97. The smallest absolute Gasteiger partial charge is 0.271 e. The van der Waals surface area contributed by atoms with E-state index in [1.165, 1.54) is 0 Å². The van der Waals surface area contributed by atoms with Crippen molar-refractivity contribution in [2.45, 2.75) is 0 Å². The van der Waals surface area contributed by atoms with E-state index >= 15 is 0 Å². The second-order valence-corrected chi connectivity index (χ2v) is 2.60. The van der Waals surface area contributed by atoms with Crippen molar-refractivity contribution in [1.29, 1.82) is 0 Å². The Kier molecular flexibility index (Phi) is 1.63. The zero-order chi connectivity index (χ0) is 9.26. The fourth-order valence-corrected chi connectivity index (χ4v) is 1.19. The van der Waals surface area contributed by atoms with Crippen molar-refractivity contribution in [2.75, 3.05) is 5.32 Å². The largest absolute Gasteiger partial charge is 0.329 e. The van der Waals surface area contributed by atoms with E-state index in [9.17, 15) is 9.59 Å². The highest BCUT2D eigenvalue weighted by molar-refractivity contribution is 5.84. The van der Waals surface area contributed by atoms with Gasteiger partial charge in [-0.1, -0.05) is 0 Å². The second kappa shape index (κ2) is 2.78. The van der Waals surface area contributed by atoms with Gasteiger partial charge in [-0.05, 0) is 18.2 Å². The number of amides is 1. The quantitative estimate of drug-likeness (QED) is 0.581. The molecule has 0 aliphatic carbocycles. The van der Waals surface area contributed by atoms with Crippen LogP contribution in [0.2, 0.25) is 0 Å². The summed E-state index contributed by atoms with van der Waals surface area (Å²) in [5.74, 6) is 0. The molecule has 0 saturated heterocycles. The maximum atomic E-state index is 11.1. The highest BCUT2D eigenvalue weighted by atomic mass is 16.1. The van der Waals surface area contributed by atoms with E-state index in [4.69, 9.17) is 0 Å². The van der Waals surface area contributed by atoms with Gasteiger partial charge < -0.3 is 5.32 Å². The molecule has 1 heterocycles. The monoisotopic (exact) mass is 177 g/mol. The lowest BCUT2D eigenvalue weighted by molar-refractivity contribution is -0.105. The summed E-state index contributed by atoms with van der Waals surface area (Å²) in [5.41, 5.74) is 1.17. The van der Waals surface area contributed by atoms with E-state index in [0.717, 1.165) is 0 Å². The predicted molar refractivity (Wildman–Crippen MR) is 48.6 cm³/mol. The van der Waals surface area contributed by atoms with Crippen LogP contribution in [0.3, 0.4) is 0 Å². The second-order valence-electron chi connectivity index (χ2n) is 2.60. The molecule has 13 heavy (non-hydrogen) atoms. The minimum Gasteiger partial charge on any atom is -0.329 e. The van der Waals surface area contributed by atoms with E-state index < -0.39 is 0 Å². The molecule has 2 aromatic rings. The van der Waals surface area contributed by atoms with Gasteiger partial charge in [0.2, 0.25) is 6.41 Å². The van der Waals surface area contributed by atoms with Crippen molar-refractivity contribution in [3.05, 3.63) is 28.6 Å². The number of H-pyrrole nitrogens is 2. The summed E-state index contributed by atoms with van der Waals surface area (Å²) in [7, 11) is 0. The van der Waals surface area contributed by atoms with Gasteiger partial charge in [-0.3, -0.25) is 19.8 Å². The third-order valence-corrected chi connectivity index (χ3v) is 1.80. The molecule has 66 valence electrons. The summed E-state index contributed by atoms with van der Waals surface area (Å²) >= 11 is 0. The third kappa shape index (κ3) is 1.20. The molecule has 3 N–H and O–H groups in total. The van der Waals surface area contributed by atoms with Crippen LogP contribution in [0, 0.1) is 0 Å². The molecule has 2 rings (SSSR count). The number of aromatic amines is 2. The summed E-state index contributed by atoms with van der Waals surface area (Å²) < 4.78 is 0. The van der Waals surface area contributed by atoms with Crippen LogP contribution in [-0.4, -0.2) is 16.6 Å². The number of anilines is 1. The Bertz CT molecular complexity index is 497. The number of carbonyl (C=O) groups excluding carboxylic acids is 1. The number of rotatable bonds is 2. The molecule has 0 radical (unpaired) electrons. The predicted octanol–water partition coefficient (Wildman–Crippen LogP) is 0.424. The third-order valence-electron chi connectivity index (χ3n) is 1.80. The van der Waals surface area contributed by atoms with Gasteiger partial charge in [0.15, 0.2) is 0 Å². The minimum atomic E-state index is -0.160. The van der Waals surface area contributed by atoms with E-state index in [1.807, 2.05) is 0 Å². The molecular formula is C8H7N3O2. The first-order valence-corrected chi connectivity index (χ1v) is 3.72. The number of aromatic nitrogens is 2. The van der Waals surface area contributed by atoms with Crippen LogP contribution in [0.25, 0.3) is 10.9 Å². The topological polar surface area (TPSA) is 77.8 Å². The Labute approximate surface area is 72.7 Å². The molecule has 1 amide bonds. The number of benzene rings is 1. The number of hydrogen-bond donors (Lipinski definition) is 3. The van der Waals surface area contributed by atoms with Crippen LogP contribution in [-0.2, 0) is 4.79 Å². The number of hydrogen-bond acceptors (Lipinski definition) is 2. The first kappa shape index (κ1) is 7.60. The minimum absolute atomic E-state index is 0.160. The Morgan fingerprint density at radius 3 is 2.92 bits per heavy atom. The summed E-state index contributed by atoms with van der Waals surface area (Å²) in [6, 6.07) is 5.00. The Morgan fingerprint density at radius 1 is 1.31 bits per heavy atom. The van der Waals surface area contributed by atoms with Gasteiger partial charge in [0.25, 0.3) is 5.56 Å². The molecule has 0 bridgehead atoms. The van der Waals surface area contributed by atoms with Crippen molar-refractivity contribution >= 4 is 23.0 Å². The van der Waals surface area contributed by atoms with Gasteiger partial charge in [0.05, 0.1) is 10.9 Å². The van der Waals surface area contributed by atoms with Crippen molar-refractivity contribution in [2.24, 2.45) is 0 Å². The first-order valence-electron chi connectivity index (χ1n) is 3.72. The van der Waals surface area contributed by atoms with E-state index in [1.54, 1.807) is 18.2 Å². The number of carbonyl (C=O) groups is 1. The van der Waals surface area contributed by atoms with Gasteiger partial charge in [-0.15, -0.1) is 0 Å². The molecular weight excluding hydrogens is 170 g/mol. The molecule has 0 unspecified atom stereocenters. The molecule has 0 fully saturated rings. The lowest BCUT2D eigenvalue weighted by atomic mass is 10.2. The normalized spacial score (nSPS) is 10.2. The maximum absolute atomic E-state index is 11.1. The van der Waals surface area contributed by atoms with Crippen LogP contribution < -0.4 is 10.9 Å². The highest BCUT2D eigenvalue weighted by Gasteiger charge is 2.00. The van der Waals surface area contributed by atoms with Crippen molar-refractivity contribution in [3.63, 3.8) is 0 Å². The fourth-order valence-electron chi connectivity index (χ4n) is 1.19. The lowest BCUT2D eigenvalue weighted by Gasteiger charge is -1.95. The zero-order valence-corrected chi connectivity index (χ0v) is 6.63. The van der Waals surface area contributed by atoms with Crippen LogP contribution in [0.15, 0.2) is 23.0 Å². The van der Waals surface area contributed by atoms with Crippen LogP contribution >= 0.6 is 0 Å². The van der Waals surface area contributed by atoms with Crippen molar-refractivity contribution in [1.82, 2.24) is 10.2 Å². The molecule has 0 atom stereocenters. The van der Waals surface area contributed by atoms with Crippen molar-refractivity contribution < 1.29 is 4.79 Å². The van der Waals surface area contributed by atoms with E-state index in [2.05, 4.69) is 15.5 Å². The Hall–Kier alpha value is -2.04. The van der Waals surface area contributed by atoms with Crippen LogP contribution in [0.4, 0.5) is 5.69 Å². The van der Waals surface area contributed by atoms with Crippen molar-refractivity contribution in [3.8, 4) is 0 Å². The van der Waals surface area contributed by atoms with Gasteiger partial charge in [-0.2, -0.15) is 0 Å². The fraction of sp³-hybridized carbons (Fsp3) is 0. The van der Waals surface area contributed by atoms with Gasteiger partial charge in [0.1, 0.15) is 0 Å². The SMILES string of the molecule is O=CNc1ccc2c(=O)[nH][nH]c2c1. The average Bonchev–Trinajstić information content (AvgIpc) is 2.48. The highest BCUT2D eigenvalue weighted by Crippen LogP contribution is 2.12. The van der Waals surface area contributed by atoms with Crippen LogP contribution in [0.5, 0.6) is 0 Å². The number of fused-ring (bicyclic) bond motifs is 1. The van der Waals surface area contributed by atoms with Gasteiger partial charge in [-0.25, -0.2) is 0 Å². The Morgan fingerprint density at radius 2 is 2.15 bits per heavy atom. The van der Waals surface area contributed by atoms with Gasteiger partial charge in [0, 0.05) is 5.69 Å². The summed E-state index contributed by atoms with van der Waals surface area (Å²) in [6.45, 7) is 0. The molecule has 0 saturated carbocycles. The van der Waals surface area contributed by atoms with Crippen LogP contribution in [0.1, 0.15) is 0 Å². The standard InChI is InChI=1S/C8H7N3O2/c12-4-9-5-1-2-6-7(3-5)10-11-8(6)13/h1-4H,(H,9,12)(H2,10,11,13). The number of nitrogens with one attached hydrogen (secondary N) is 3.